The Balaban J connectivity index is 1.94. The Morgan fingerprint density at radius 1 is 1.58 bits per heavy atom. The molecule has 1 aromatic rings. The maximum atomic E-state index is 11.3. The Hall–Kier alpha value is -1.67. The summed E-state index contributed by atoms with van der Waals surface area (Å²) in [7, 11) is 1.42. The van der Waals surface area contributed by atoms with E-state index in [-0.39, 0.29) is 11.4 Å². The Bertz CT molecular complexity index is 533. The largest absolute Gasteiger partial charge is 0.469 e. The molecule has 19 heavy (non-hydrogen) atoms. The Kier molecular flexibility index (Phi) is 4.01. The number of carbonyl (C=O) groups excluding carboxylic acids is 1. The number of benzene rings is 1. The van der Waals surface area contributed by atoms with Crippen LogP contribution in [0.25, 0.3) is 0 Å². The molecule has 0 heterocycles. The molecule has 1 aromatic carbocycles. The number of hydrogen-bond donors (Lipinski definition) is 1. The van der Waals surface area contributed by atoms with Gasteiger partial charge < -0.3 is 10.5 Å². The zero-order valence-electron chi connectivity index (χ0n) is 10.8. The van der Waals surface area contributed by atoms with Crippen molar-refractivity contribution in [3.05, 3.63) is 23.8 Å². The van der Waals surface area contributed by atoms with Gasteiger partial charge in [-0.25, -0.2) is 0 Å². The van der Waals surface area contributed by atoms with Gasteiger partial charge in [0.05, 0.1) is 24.8 Å². The molecule has 100 valence electrons. The van der Waals surface area contributed by atoms with Crippen LogP contribution in [0.15, 0.2) is 23.1 Å². The summed E-state index contributed by atoms with van der Waals surface area (Å²) in [5, 5.41) is 8.82. The van der Waals surface area contributed by atoms with Crippen LogP contribution in [-0.4, -0.2) is 18.8 Å². The zero-order valence-corrected chi connectivity index (χ0v) is 11.6. The van der Waals surface area contributed by atoms with E-state index in [0.29, 0.717) is 17.7 Å². The molecule has 0 spiro atoms. The first-order valence-corrected chi connectivity index (χ1v) is 7.06. The highest BCUT2D eigenvalue weighted by atomic mass is 32.2. The van der Waals surface area contributed by atoms with E-state index in [1.165, 1.54) is 7.11 Å². The number of nitrogens with zero attached hydrogens (tertiary/aromatic N) is 1. The minimum absolute atomic E-state index is 0.0976. The lowest BCUT2D eigenvalue weighted by molar-refractivity contribution is -0.141. The van der Waals surface area contributed by atoms with Crippen molar-refractivity contribution in [1.29, 1.82) is 5.26 Å². The first-order valence-electron chi connectivity index (χ1n) is 6.08. The molecule has 0 bridgehead atoms. The van der Waals surface area contributed by atoms with Crippen LogP contribution in [0.2, 0.25) is 0 Å². The van der Waals surface area contributed by atoms with Crippen LogP contribution in [0.3, 0.4) is 0 Å². The molecule has 0 radical (unpaired) electrons. The monoisotopic (exact) mass is 276 g/mol. The second-order valence-corrected chi connectivity index (χ2v) is 5.95. The van der Waals surface area contributed by atoms with Crippen LogP contribution in [-0.2, 0) is 9.53 Å². The highest BCUT2D eigenvalue weighted by molar-refractivity contribution is 7.99. The smallest absolute Gasteiger partial charge is 0.306 e. The van der Waals surface area contributed by atoms with Crippen molar-refractivity contribution < 1.29 is 9.53 Å². The zero-order chi connectivity index (χ0) is 13.9. The lowest BCUT2D eigenvalue weighted by atomic mass is 10.1. The summed E-state index contributed by atoms with van der Waals surface area (Å²) < 4.78 is 4.72. The number of anilines is 1. The number of carbonyl (C=O) groups is 1. The molecule has 0 aromatic heterocycles. The third-order valence-electron chi connectivity index (χ3n) is 3.39. The molecule has 1 aliphatic rings. The molecule has 0 saturated heterocycles. The molecular weight excluding hydrogens is 260 g/mol. The van der Waals surface area contributed by atoms with Gasteiger partial charge in [0.25, 0.3) is 0 Å². The second-order valence-electron chi connectivity index (χ2n) is 4.90. The summed E-state index contributed by atoms with van der Waals surface area (Å²) in [5.74, 6) is 0.741. The number of nitriles is 1. The number of esters is 1. The number of nitrogen functional groups attached to an aromatic ring is 1. The molecule has 1 fully saturated rings. The number of ether oxygens (including phenoxy) is 1. The first kappa shape index (κ1) is 13.8. The average Bonchev–Trinajstić information content (AvgIpc) is 3.16. The third-order valence-corrected chi connectivity index (χ3v) is 4.74. The number of hydrogen-bond acceptors (Lipinski definition) is 5. The van der Waals surface area contributed by atoms with Gasteiger partial charge in [0.15, 0.2) is 0 Å². The van der Waals surface area contributed by atoms with Crippen LogP contribution in [0.5, 0.6) is 0 Å². The molecular formula is C14H16N2O2S. The van der Waals surface area contributed by atoms with E-state index in [2.05, 4.69) is 0 Å². The van der Waals surface area contributed by atoms with Crippen LogP contribution in [0, 0.1) is 16.7 Å². The van der Waals surface area contributed by atoms with Crippen molar-refractivity contribution >= 4 is 23.4 Å². The molecule has 0 amide bonds. The van der Waals surface area contributed by atoms with Crippen LogP contribution >= 0.6 is 11.8 Å². The van der Waals surface area contributed by atoms with Crippen LogP contribution < -0.4 is 5.73 Å². The maximum absolute atomic E-state index is 11.3. The number of methoxy groups -OCH3 is 1. The standard InChI is InChI=1S/C14H16N2O2S/c1-18-13(17)7-14(4-5-14)9-19-11-3-2-10(8-15)12(16)6-11/h2-3,6H,4-5,7,9,16H2,1H3. The van der Waals surface area contributed by atoms with E-state index in [1.54, 1.807) is 17.8 Å². The molecule has 2 rings (SSSR count). The molecule has 1 aliphatic carbocycles. The molecule has 0 atom stereocenters. The summed E-state index contributed by atoms with van der Waals surface area (Å²) in [6, 6.07) is 7.49. The highest BCUT2D eigenvalue weighted by Crippen LogP contribution is 2.52. The molecule has 1 saturated carbocycles. The molecule has 4 nitrogen and oxygen atoms in total. The fourth-order valence-electron chi connectivity index (χ4n) is 1.90. The van der Waals surface area contributed by atoms with Gasteiger partial charge in [-0.1, -0.05) is 0 Å². The summed E-state index contributed by atoms with van der Waals surface area (Å²) in [5.41, 5.74) is 6.88. The van der Waals surface area contributed by atoms with E-state index in [4.69, 9.17) is 15.7 Å². The van der Waals surface area contributed by atoms with Crippen molar-refractivity contribution in [3.8, 4) is 6.07 Å². The van der Waals surface area contributed by atoms with Gasteiger partial charge in [0, 0.05) is 10.6 Å². The maximum Gasteiger partial charge on any atom is 0.306 e. The number of nitrogens with two attached hydrogens (primary N) is 1. The summed E-state index contributed by atoms with van der Waals surface area (Å²) in [6.07, 6.45) is 2.63. The normalized spacial score (nSPS) is 15.6. The van der Waals surface area contributed by atoms with Gasteiger partial charge in [-0.15, -0.1) is 11.8 Å². The van der Waals surface area contributed by atoms with Crippen molar-refractivity contribution in [3.63, 3.8) is 0 Å². The van der Waals surface area contributed by atoms with Gasteiger partial charge in [0.1, 0.15) is 6.07 Å². The van der Waals surface area contributed by atoms with Crippen LogP contribution in [0.4, 0.5) is 5.69 Å². The van der Waals surface area contributed by atoms with Crippen molar-refractivity contribution in [1.82, 2.24) is 0 Å². The Labute approximate surface area is 116 Å². The molecule has 0 aliphatic heterocycles. The summed E-state index contributed by atoms with van der Waals surface area (Å²) in [4.78, 5) is 12.4. The minimum Gasteiger partial charge on any atom is -0.469 e. The van der Waals surface area contributed by atoms with Gasteiger partial charge in [-0.3, -0.25) is 4.79 Å². The lowest BCUT2D eigenvalue weighted by Crippen LogP contribution is -2.12. The topological polar surface area (TPSA) is 76.1 Å². The molecule has 5 heteroatoms. The fourth-order valence-corrected chi connectivity index (χ4v) is 3.13. The van der Waals surface area contributed by atoms with Gasteiger partial charge >= 0.3 is 5.97 Å². The summed E-state index contributed by atoms with van der Waals surface area (Å²) in [6.45, 7) is 0. The first-order chi connectivity index (χ1) is 9.08. The predicted octanol–water partition coefficient (Wildman–Crippen LogP) is 2.58. The average molecular weight is 276 g/mol. The lowest BCUT2D eigenvalue weighted by Gasteiger charge is -2.13. The quantitative estimate of drug-likeness (QED) is 0.508. The molecule has 0 unspecified atom stereocenters. The Morgan fingerprint density at radius 2 is 2.32 bits per heavy atom. The van der Waals surface area contributed by atoms with Crippen molar-refractivity contribution in [2.75, 3.05) is 18.6 Å². The predicted molar refractivity (Wildman–Crippen MR) is 74.6 cm³/mol. The molecule has 2 N–H and O–H groups in total. The highest BCUT2D eigenvalue weighted by Gasteiger charge is 2.44. The van der Waals surface area contributed by atoms with E-state index < -0.39 is 0 Å². The van der Waals surface area contributed by atoms with Crippen molar-refractivity contribution in [2.24, 2.45) is 5.41 Å². The SMILES string of the molecule is COC(=O)CC1(CSc2ccc(C#N)c(N)c2)CC1. The fraction of sp³-hybridized carbons (Fsp3) is 0.429. The number of rotatable bonds is 5. The van der Waals surface area contributed by atoms with Gasteiger partial charge in [-0.2, -0.15) is 5.26 Å². The van der Waals surface area contributed by atoms with Gasteiger partial charge in [-0.05, 0) is 36.5 Å². The van der Waals surface area contributed by atoms with Crippen LogP contribution in [0.1, 0.15) is 24.8 Å². The van der Waals surface area contributed by atoms with E-state index >= 15 is 0 Å². The number of thioether (sulfide) groups is 1. The third kappa shape index (κ3) is 3.42. The van der Waals surface area contributed by atoms with Crippen molar-refractivity contribution in [2.45, 2.75) is 24.2 Å². The van der Waals surface area contributed by atoms with E-state index in [9.17, 15) is 4.79 Å². The Morgan fingerprint density at radius 3 is 2.84 bits per heavy atom. The minimum atomic E-state index is -0.141. The van der Waals surface area contributed by atoms with E-state index in [0.717, 1.165) is 23.5 Å². The van der Waals surface area contributed by atoms with Gasteiger partial charge in [0.2, 0.25) is 0 Å². The van der Waals surface area contributed by atoms with E-state index in [1.807, 2.05) is 18.2 Å². The summed E-state index contributed by atoms with van der Waals surface area (Å²) >= 11 is 1.68. The second kappa shape index (κ2) is 5.54.